The molecule has 7 heteroatoms. The van der Waals surface area contributed by atoms with Crippen molar-refractivity contribution in [3.63, 3.8) is 0 Å². The van der Waals surface area contributed by atoms with Crippen LogP contribution in [-0.2, 0) is 4.79 Å². The number of esters is 1. The van der Waals surface area contributed by atoms with E-state index in [1.165, 1.54) is 6.21 Å². The molecule has 158 valence electrons. The van der Waals surface area contributed by atoms with E-state index in [1.54, 1.807) is 36.4 Å². The van der Waals surface area contributed by atoms with Crippen molar-refractivity contribution in [2.45, 2.75) is 13.8 Å². The summed E-state index contributed by atoms with van der Waals surface area (Å²) in [7, 11) is 0. The van der Waals surface area contributed by atoms with Gasteiger partial charge in [-0.25, -0.2) is 10.2 Å². The van der Waals surface area contributed by atoms with Gasteiger partial charge in [-0.1, -0.05) is 52.3 Å². The van der Waals surface area contributed by atoms with Crippen molar-refractivity contribution in [2.75, 3.05) is 6.61 Å². The highest BCUT2D eigenvalue weighted by Crippen LogP contribution is 2.23. The summed E-state index contributed by atoms with van der Waals surface area (Å²) in [4.78, 5) is 24.6. The Kier molecular flexibility index (Phi) is 7.56. The zero-order chi connectivity index (χ0) is 22.2. The van der Waals surface area contributed by atoms with Gasteiger partial charge in [0.05, 0.1) is 11.8 Å². The summed E-state index contributed by atoms with van der Waals surface area (Å²) in [5, 5.41) is 3.96. The fraction of sp³-hybridized carbons (Fsp3) is 0.125. The molecule has 1 N–H and O–H groups in total. The van der Waals surface area contributed by atoms with Gasteiger partial charge in [-0.15, -0.1) is 0 Å². The van der Waals surface area contributed by atoms with Gasteiger partial charge >= 0.3 is 5.97 Å². The number of carbonyl (C=O) groups is 2. The largest absolute Gasteiger partial charge is 0.483 e. The summed E-state index contributed by atoms with van der Waals surface area (Å²) in [6.45, 7) is 3.57. The Bertz CT molecular complexity index is 1130. The molecule has 0 atom stereocenters. The number of hydrogen-bond acceptors (Lipinski definition) is 5. The molecule has 0 bridgehead atoms. The van der Waals surface area contributed by atoms with Crippen LogP contribution in [0.4, 0.5) is 0 Å². The van der Waals surface area contributed by atoms with Gasteiger partial charge in [0.25, 0.3) is 5.91 Å². The first-order chi connectivity index (χ1) is 14.9. The lowest BCUT2D eigenvalue weighted by molar-refractivity contribution is -0.123. The summed E-state index contributed by atoms with van der Waals surface area (Å²) in [5.74, 6) is 0.0864. The predicted molar refractivity (Wildman–Crippen MR) is 123 cm³/mol. The van der Waals surface area contributed by atoms with Crippen LogP contribution in [0.3, 0.4) is 0 Å². The van der Waals surface area contributed by atoms with Gasteiger partial charge in [0.15, 0.2) is 6.61 Å². The van der Waals surface area contributed by atoms with Crippen LogP contribution < -0.4 is 14.9 Å². The first-order valence-electron chi connectivity index (χ1n) is 9.52. The molecule has 1 amide bonds. The van der Waals surface area contributed by atoms with E-state index in [0.717, 1.165) is 15.6 Å². The van der Waals surface area contributed by atoms with E-state index in [2.05, 4.69) is 26.5 Å². The number of nitrogens with zero attached hydrogens (tertiary/aromatic N) is 1. The van der Waals surface area contributed by atoms with Gasteiger partial charge in [0.1, 0.15) is 11.5 Å². The van der Waals surface area contributed by atoms with Crippen LogP contribution in [0.2, 0.25) is 0 Å². The number of hydrazone groups is 1. The second-order valence-corrected chi connectivity index (χ2v) is 7.65. The topological polar surface area (TPSA) is 77.0 Å². The molecule has 0 saturated carbocycles. The lowest BCUT2D eigenvalue weighted by Crippen LogP contribution is -2.24. The Morgan fingerprint density at radius 2 is 1.68 bits per heavy atom. The summed E-state index contributed by atoms with van der Waals surface area (Å²) >= 11 is 3.39. The molecule has 0 spiro atoms. The van der Waals surface area contributed by atoms with Crippen LogP contribution in [0.25, 0.3) is 0 Å². The highest BCUT2D eigenvalue weighted by atomic mass is 79.9. The predicted octanol–water partition coefficient (Wildman–Crippen LogP) is 4.81. The van der Waals surface area contributed by atoms with Gasteiger partial charge < -0.3 is 9.47 Å². The third-order valence-corrected chi connectivity index (χ3v) is 4.88. The van der Waals surface area contributed by atoms with Gasteiger partial charge in [0, 0.05) is 10.0 Å². The summed E-state index contributed by atoms with van der Waals surface area (Å²) in [6, 6.07) is 19.8. The number of amides is 1. The normalized spacial score (nSPS) is 10.7. The number of para-hydroxylation sites is 1. The molecule has 0 aliphatic heterocycles. The van der Waals surface area contributed by atoms with E-state index < -0.39 is 11.9 Å². The van der Waals surface area contributed by atoms with E-state index >= 15 is 0 Å². The van der Waals surface area contributed by atoms with E-state index in [4.69, 9.17) is 9.47 Å². The summed E-state index contributed by atoms with van der Waals surface area (Å²) in [5.41, 5.74) is 5.18. The molecule has 0 saturated heterocycles. The van der Waals surface area contributed by atoms with Crippen LogP contribution >= 0.6 is 15.9 Å². The van der Waals surface area contributed by atoms with Gasteiger partial charge in [-0.3, -0.25) is 4.79 Å². The van der Waals surface area contributed by atoms with Gasteiger partial charge in [-0.05, 0) is 55.3 Å². The van der Waals surface area contributed by atoms with Crippen LogP contribution in [0.1, 0.15) is 27.0 Å². The SMILES string of the molecule is Cc1ccccc1OCC(=O)NN=Cc1cc(Br)ccc1OC(=O)c1ccccc1C. The Morgan fingerprint density at radius 3 is 2.42 bits per heavy atom. The Hall–Kier alpha value is -3.45. The number of halogens is 1. The fourth-order valence-corrected chi connectivity index (χ4v) is 3.12. The quantitative estimate of drug-likeness (QED) is 0.227. The summed E-state index contributed by atoms with van der Waals surface area (Å²) < 4.78 is 11.8. The molecule has 0 aromatic heterocycles. The molecular weight excluding hydrogens is 460 g/mol. The monoisotopic (exact) mass is 480 g/mol. The highest BCUT2D eigenvalue weighted by molar-refractivity contribution is 9.10. The molecule has 3 rings (SSSR count). The number of benzene rings is 3. The van der Waals surface area contributed by atoms with Crippen molar-refractivity contribution >= 4 is 34.0 Å². The average molecular weight is 481 g/mol. The number of aryl methyl sites for hydroxylation is 2. The lowest BCUT2D eigenvalue weighted by atomic mass is 10.1. The van der Waals surface area contributed by atoms with Crippen molar-refractivity contribution in [1.82, 2.24) is 5.43 Å². The smallest absolute Gasteiger partial charge is 0.343 e. The average Bonchev–Trinajstić information content (AvgIpc) is 2.75. The third kappa shape index (κ3) is 6.26. The number of ether oxygens (including phenoxy) is 2. The van der Waals surface area contributed by atoms with Crippen molar-refractivity contribution < 1.29 is 19.1 Å². The van der Waals surface area contributed by atoms with Crippen LogP contribution in [0.15, 0.2) is 76.3 Å². The second kappa shape index (κ2) is 10.5. The number of nitrogens with one attached hydrogen (secondary N) is 1. The van der Waals surface area contributed by atoms with Crippen molar-refractivity contribution in [2.24, 2.45) is 5.10 Å². The molecule has 3 aromatic carbocycles. The Labute approximate surface area is 189 Å². The minimum Gasteiger partial charge on any atom is -0.483 e. The second-order valence-electron chi connectivity index (χ2n) is 6.73. The van der Waals surface area contributed by atoms with E-state index in [1.807, 2.05) is 44.2 Å². The van der Waals surface area contributed by atoms with E-state index in [9.17, 15) is 9.59 Å². The maximum atomic E-state index is 12.5. The van der Waals surface area contributed by atoms with E-state index in [0.29, 0.717) is 22.6 Å². The van der Waals surface area contributed by atoms with E-state index in [-0.39, 0.29) is 6.61 Å². The molecule has 0 heterocycles. The molecule has 0 fully saturated rings. The molecule has 0 aliphatic carbocycles. The molecule has 0 unspecified atom stereocenters. The maximum Gasteiger partial charge on any atom is 0.343 e. The molecular formula is C24H21BrN2O4. The fourth-order valence-electron chi connectivity index (χ4n) is 2.74. The maximum absolute atomic E-state index is 12.5. The third-order valence-electron chi connectivity index (χ3n) is 4.38. The van der Waals surface area contributed by atoms with Crippen molar-refractivity contribution in [3.05, 3.63) is 93.5 Å². The van der Waals surface area contributed by atoms with Gasteiger partial charge in [-0.2, -0.15) is 5.10 Å². The van der Waals surface area contributed by atoms with Crippen LogP contribution in [-0.4, -0.2) is 24.7 Å². The molecule has 0 aliphatic rings. The lowest BCUT2D eigenvalue weighted by Gasteiger charge is -2.10. The molecule has 3 aromatic rings. The Morgan fingerprint density at radius 1 is 0.968 bits per heavy atom. The molecule has 0 radical (unpaired) electrons. The summed E-state index contributed by atoms with van der Waals surface area (Å²) in [6.07, 6.45) is 1.41. The standard InChI is InChI=1S/C24H21BrN2O4/c1-16-7-3-5-9-20(16)24(29)31-22-12-11-19(25)13-18(22)14-26-27-23(28)15-30-21-10-6-4-8-17(21)2/h3-14H,15H2,1-2H3,(H,27,28). The zero-order valence-corrected chi connectivity index (χ0v) is 18.7. The first kappa shape index (κ1) is 22.2. The van der Waals surface area contributed by atoms with Crippen molar-refractivity contribution in [3.8, 4) is 11.5 Å². The molecule has 31 heavy (non-hydrogen) atoms. The van der Waals surface area contributed by atoms with Gasteiger partial charge in [0.2, 0.25) is 0 Å². The molecule has 6 nitrogen and oxygen atoms in total. The number of carbonyl (C=O) groups excluding carboxylic acids is 2. The number of hydrogen-bond donors (Lipinski definition) is 1. The minimum atomic E-state index is -0.467. The zero-order valence-electron chi connectivity index (χ0n) is 17.1. The first-order valence-corrected chi connectivity index (χ1v) is 10.3. The van der Waals surface area contributed by atoms with Crippen LogP contribution in [0.5, 0.6) is 11.5 Å². The Balaban J connectivity index is 1.64. The van der Waals surface area contributed by atoms with Crippen molar-refractivity contribution in [1.29, 1.82) is 0 Å². The van der Waals surface area contributed by atoms with Crippen LogP contribution in [0, 0.1) is 13.8 Å². The highest BCUT2D eigenvalue weighted by Gasteiger charge is 2.13. The minimum absolute atomic E-state index is 0.171. The number of rotatable bonds is 7.